The van der Waals surface area contributed by atoms with Crippen molar-refractivity contribution in [1.29, 1.82) is 0 Å². The second-order valence-electron chi connectivity index (χ2n) is 6.56. The van der Waals surface area contributed by atoms with Crippen LogP contribution in [0.15, 0.2) is 53.1 Å². The van der Waals surface area contributed by atoms with E-state index < -0.39 is 12.1 Å². The topological polar surface area (TPSA) is 81.0 Å². The number of benzene rings is 2. The summed E-state index contributed by atoms with van der Waals surface area (Å²) in [7, 11) is 0. The predicted octanol–water partition coefficient (Wildman–Crippen LogP) is 4.18. The molecule has 2 aromatic heterocycles. The van der Waals surface area contributed by atoms with Crippen LogP contribution in [0.1, 0.15) is 34.6 Å². The Labute approximate surface area is 160 Å². The summed E-state index contributed by atoms with van der Waals surface area (Å²) in [4.78, 5) is 20.1. The first kappa shape index (κ1) is 17.9. The molecule has 1 atom stereocenters. The number of rotatable bonds is 5. The summed E-state index contributed by atoms with van der Waals surface area (Å²) in [5.74, 6) is -0.170. The molecule has 0 spiro atoms. The first-order valence-electron chi connectivity index (χ1n) is 8.82. The summed E-state index contributed by atoms with van der Waals surface area (Å²) in [5, 5.41) is 4.45. The van der Waals surface area contributed by atoms with Gasteiger partial charge in [-0.1, -0.05) is 35.5 Å². The molecule has 142 valence electrons. The van der Waals surface area contributed by atoms with Crippen LogP contribution in [0.3, 0.4) is 0 Å². The van der Waals surface area contributed by atoms with Gasteiger partial charge in [-0.3, -0.25) is 4.79 Å². The van der Waals surface area contributed by atoms with Crippen molar-refractivity contribution in [1.82, 2.24) is 15.1 Å². The highest BCUT2D eigenvalue weighted by molar-refractivity contribution is 5.88. The van der Waals surface area contributed by atoms with E-state index in [2.05, 4.69) is 15.1 Å². The summed E-state index contributed by atoms with van der Waals surface area (Å²) in [6.07, 6.45) is -0.816. The second-order valence-corrected chi connectivity index (χ2v) is 6.56. The van der Waals surface area contributed by atoms with Gasteiger partial charge in [0, 0.05) is 22.2 Å². The van der Waals surface area contributed by atoms with Crippen LogP contribution in [-0.4, -0.2) is 21.1 Å². The van der Waals surface area contributed by atoms with E-state index in [1.807, 2.05) is 37.3 Å². The van der Waals surface area contributed by atoms with Crippen LogP contribution in [0.5, 0.6) is 0 Å². The number of aromatic amines is 1. The smallest absolute Gasteiger partial charge is 0.311 e. The van der Waals surface area contributed by atoms with Crippen molar-refractivity contribution in [2.24, 2.45) is 0 Å². The molecule has 2 aromatic carbocycles. The summed E-state index contributed by atoms with van der Waals surface area (Å²) >= 11 is 0. The highest BCUT2D eigenvalue weighted by Crippen LogP contribution is 2.27. The minimum atomic E-state index is -0.808. The van der Waals surface area contributed by atoms with Gasteiger partial charge in [0.2, 0.25) is 6.10 Å². The lowest BCUT2D eigenvalue weighted by molar-refractivity contribution is -0.147. The lowest BCUT2D eigenvalue weighted by Crippen LogP contribution is -2.15. The van der Waals surface area contributed by atoms with Gasteiger partial charge in [0.05, 0.1) is 6.42 Å². The van der Waals surface area contributed by atoms with Crippen molar-refractivity contribution in [2.75, 3.05) is 0 Å². The molecule has 0 saturated carbocycles. The van der Waals surface area contributed by atoms with Crippen molar-refractivity contribution in [3.05, 3.63) is 82.9 Å². The van der Waals surface area contributed by atoms with Gasteiger partial charge >= 0.3 is 5.97 Å². The largest absolute Gasteiger partial charge is 0.447 e. The van der Waals surface area contributed by atoms with Gasteiger partial charge in [-0.2, -0.15) is 4.98 Å². The maximum atomic E-state index is 13.7. The van der Waals surface area contributed by atoms with Gasteiger partial charge in [0.1, 0.15) is 5.82 Å². The lowest BCUT2D eigenvalue weighted by atomic mass is 10.1. The fourth-order valence-corrected chi connectivity index (χ4v) is 3.21. The van der Waals surface area contributed by atoms with Gasteiger partial charge in [0.15, 0.2) is 5.82 Å². The van der Waals surface area contributed by atoms with E-state index in [1.54, 1.807) is 13.0 Å². The number of H-pyrrole nitrogens is 1. The molecule has 4 rings (SSSR count). The molecule has 28 heavy (non-hydrogen) atoms. The van der Waals surface area contributed by atoms with Crippen LogP contribution < -0.4 is 0 Å². The van der Waals surface area contributed by atoms with E-state index in [-0.39, 0.29) is 18.1 Å². The van der Waals surface area contributed by atoms with Crippen LogP contribution in [0.25, 0.3) is 10.9 Å². The summed E-state index contributed by atoms with van der Waals surface area (Å²) < 4.78 is 24.6. The van der Waals surface area contributed by atoms with Crippen LogP contribution in [0, 0.1) is 19.7 Å². The minimum Gasteiger partial charge on any atom is -0.447 e. The third-order valence-electron chi connectivity index (χ3n) is 4.52. The van der Waals surface area contributed by atoms with Crippen molar-refractivity contribution >= 4 is 16.9 Å². The number of halogens is 1. The first-order valence-corrected chi connectivity index (χ1v) is 8.82. The van der Waals surface area contributed by atoms with Crippen LogP contribution in [0.2, 0.25) is 0 Å². The molecule has 6 nitrogen and oxygen atoms in total. The van der Waals surface area contributed by atoms with Crippen molar-refractivity contribution in [2.45, 2.75) is 26.4 Å². The highest BCUT2D eigenvalue weighted by Gasteiger charge is 2.25. The van der Waals surface area contributed by atoms with Crippen molar-refractivity contribution in [3.63, 3.8) is 0 Å². The monoisotopic (exact) mass is 379 g/mol. The quantitative estimate of drug-likeness (QED) is 0.526. The molecule has 0 aliphatic heterocycles. The predicted molar refractivity (Wildman–Crippen MR) is 100 cm³/mol. The maximum Gasteiger partial charge on any atom is 0.311 e. The average molecular weight is 379 g/mol. The number of aryl methyl sites for hydroxylation is 2. The van der Waals surface area contributed by atoms with Gasteiger partial charge in [-0.05, 0) is 37.6 Å². The average Bonchev–Trinajstić information content (AvgIpc) is 3.24. The number of carbonyl (C=O) groups excluding carboxylic acids is 1. The van der Waals surface area contributed by atoms with E-state index in [4.69, 9.17) is 9.26 Å². The molecular weight excluding hydrogens is 361 g/mol. The van der Waals surface area contributed by atoms with Crippen molar-refractivity contribution in [3.8, 4) is 0 Å². The first-order chi connectivity index (χ1) is 13.5. The number of nitrogens with one attached hydrogen (secondary N) is 1. The normalized spacial score (nSPS) is 12.2. The van der Waals surface area contributed by atoms with E-state index in [0.29, 0.717) is 16.8 Å². The van der Waals surface area contributed by atoms with Gasteiger partial charge < -0.3 is 14.2 Å². The van der Waals surface area contributed by atoms with Gasteiger partial charge in [-0.15, -0.1) is 0 Å². The number of ether oxygens (including phenoxy) is 1. The molecule has 0 radical (unpaired) electrons. The summed E-state index contributed by atoms with van der Waals surface area (Å²) in [6.45, 7) is 3.54. The molecule has 2 heterocycles. The molecule has 7 heteroatoms. The number of hydrogen-bond donors (Lipinski definition) is 1. The Morgan fingerprint density at radius 3 is 2.71 bits per heavy atom. The van der Waals surface area contributed by atoms with Crippen LogP contribution in [-0.2, 0) is 16.0 Å². The molecule has 0 aliphatic carbocycles. The molecule has 1 N–H and O–H groups in total. The second kappa shape index (κ2) is 7.26. The molecule has 1 unspecified atom stereocenters. The molecular formula is C21H18FN3O3. The van der Waals surface area contributed by atoms with E-state index in [9.17, 15) is 9.18 Å². The number of fused-ring (bicyclic) bond motifs is 1. The zero-order valence-corrected chi connectivity index (χ0v) is 15.4. The van der Waals surface area contributed by atoms with Gasteiger partial charge in [0.25, 0.3) is 5.89 Å². The number of nitrogens with zero attached hydrogens (tertiary/aromatic N) is 2. The Morgan fingerprint density at radius 2 is 2.00 bits per heavy atom. The van der Waals surface area contributed by atoms with E-state index in [1.165, 1.54) is 12.1 Å². The summed E-state index contributed by atoms with van der Waals surface area (Å²) in [6, 6.07) is 13.6. The third kappa shape index (κ3) is 3.51. The molecule has 0 fully saturated rings. The minimum absolute atomic E-state index is 0.00819. The highest BCUT2D eigenvalue weighted by atomic mass is 19.1. The summed E-state index contributed by atoms with van der Waals surface area (Å²) in [5.41, 5.74) is 2.99. The standard InChI is InChI=1S/C21H18FN3O3/c1-12-16(17-10-15(22)8-9-18(17)23-12)11-19(26)27-20(14-6-4-3-5-7-14)21-24-13(2)25-28-21/h3-10,20,23H,11H2,1-2H3. The molecule has 4 aromatic rings. The maximum absolute atomic E-state index is 13.7. The van der Waals surface area contributed by atoms with Crippen LogP contribution in [0.4, 0.5) is 4.39 Å². The lowest BCUT2D eigenvalue weighted by Gasteiger charge is -2.15. The zero-order chi connectivity index (χ0) is 19.7. The molecule has 0 amide bonds. The number of aromatic nitrogens is 3. The third-order valence-corrected chi connectivity index (χ3v) is 4.52. The number of hydrogen-bond acceptors (Lipinski definition) is 5. The Morgan fingerprint density at radius 1 is 1.21 bits per heavy atom. The van der Waals surface area contributed by atoms with Gasteiger partial charge in [-0.25, -0.2) is 4.39 Å². The SMILES string of the molecule is Cc1noc(C(OC(=O)Cc2c(C)[nH]c3ccc(F)cc23)c2ccccc2)n1. The Bertz CT molecular complexity index is 1130. The van der Waals surface area contributed by atoms with E-state index >= 15 is 0 Å². The van der Waals surface area contributed by atoms with E-state index in [0.717, 1.165) is 16.8 Å². The zero-order valence-electron chi connectivity index (χ0n) is 15.4. The number of esters is 1. The fourth-order valence-electron chi connectivity index (χ4n) is 3.21. The Hall–Kier alpha value is -3.48. The molecule has 0 saturated heterocycles. The van der Waals surface area contributed by atoms with Crippen LogP contribution >= 0.6 is 0 Å². The molecule has 0 aliphatic rings. The Balaban J connectivity index is 1.62. The molecule has 0 bridgehead atoms. The van der Waals surface area contributed by atoms with Crippen molar-refractivity contribution < 1.29 is 18.4 Å². The fraction of sp³-hybridized carbons (Fsp3) is 0.190. The Kier molecular flexibility index (Phi) is 4.65. The number of carbonyl (C=O) groups is 1.